The first-order valence-electron chi connectivity index (χ1n) is 8.97. The number of aryl methyl sites for hydroxylation is 1. The molecule has 1 N–H and O–H groups in total. The van der Waals surface area contributed by atoms with Crippen molar-refractivity contribution in [1.82, 2.24) is 24.6 Å². The predicted octanol–water partition coefficient (Wildman–Crippen LogP) is 2.53. The zero-order valence-electron chi connectivity index (χ0n) is 15.1. The highest BCUT2D eigenvalue weighted by Crippen LogP contribution is 2.19. The van der Waals surface area contributed by atoms with E-state index in [0.29, 0.717) is 30.5 Å². The second-order valence-electron chi connectivity index (χ2n) is 6.34. The Hall–Kier alpha value is -3.26. The molecule has 4 aromatic rings. The van der Waals surface area contributed by atoms with Crippen LogP contribution in [0.5, 0.6) is 0 Å². The van der Waals surface area contributed by atoms with Crippen LogP contribution in [0.1, 0.15) is 6.42 Å². The van der Waals surface area contributed by atoms with Gasteiger partial charge in [-0.05, 0) is 29.6 Å². The molecule has 0 unspecified atom stereocenters. The summed E-state index contributed by atoms with van der Waals surface area (Å²) < 4.78 is 3.29. The molecule has 8 heteroatoms. The molecule has 4 rings (SSSR count). The minimum Gasteiger partial charge on any atom is -0.354 e. The summed E-state index contributed by atoms with van der Waals surface area (Å²) in [7, 11) is 0. The first kappa shape index (κ1) is 18.1. The molecular weight excluding hydrogens is 374 g/mol. The van der Waals surface area contributed by atoms with E-state index >= 15 is 0 Å². The molecule has 28 heavy (non-hydrogen) atoms. The Kier molecular flexibility index (Phi) is 5.29. The molecular formula is C20H19N5O2S. The molecule has 7 nitrogen and oxygen atoms in total. The van der Waals surface area contributed by atoms with Crippen LogP contribution in [0.15, 0.2) is 64.5 Å². The zero-order chi connectivity index (χ0) is 19.3. The topological polar surface area (TPSA) is 81.8 Å². The van der Waals surface area contributed by atoms with Gasteiger partial charge in [-0.3, -0.25) is 18.8 Å². The zero-order valence-corrected chi connectivity index (χ0v) is 15.9. The van der Waals surface area contributed by atoms with Crippen LogP contribution >= 0.6 is 11.3 Å². The van der Waals surface area contributed by atoms with Crippen LogP contribution in [0.25, 0.3) is 22.2 Å². The minimum absolute atomic E-state index is 0.106. The third kappa shape index (κ3) is 4.01. The fourth-order valence-corrected chi connectivity index (χ4v) is 3.59. The summed E-state index contributed by atoms with van der Waals surface area (Å²) in [4.78, 5) is 28.8. The lowest BCUT2D eigenvalue weighted by molar-refractivity contribution is -0.121. The number of amides is 1. The molecule has 0 atom stereocenters. The van der Waals surface area contributed by atoms with Crippen LogP contribution in [0.3, 0.4) is 0 Å². The minimum atomic E-state index is -0.129. The number of carbonyl (C=O) groups excluding carboxylic acids is 1. The monoisotopic (exact) mass is 393 g/mol. The first-order chi connectivity index (χ1) is 13.7. The first-order valence-corrected chi connectivity index (χ1v) is 9.92. The van der Waals surface area contributed by atoms with Crippen LogP contribution in [0, 0.1) is 0 Å². The van der Waals surface area contributed by atoms with Gasteiger partial charge >= 0.3 is 0 Å². The summed E-state index contributed by atoms with van der Waals surface area (Å²) in [5.74, 6) is -0.106. The summed E-state index contributed by atoms with van der Waals surface area (Å²) in [6, 6.07) is 11.2. The number of carbonyl (C=O) groups is 1. The van der Waals surface area contributed by atoms with Gasteiger partial charge in [-0.1, -0.05) is 12.1 Å². The standard InChI is InChI=1S/C20H19N5O2S/c26-19(6-9-24-14-22-18-4-2-1-3-16(18)20(24)27)21-8-11-25-10-5-17(23-25)15-7-12-28-13-15/h1-5,7,10,12-14H,6,8-9,11H2,(H,21,26). The van der Waals surface area contributed by atoms with E-state index in [1.165, 1.54) is 10.9 Å². The summed E-state index contributed by atoms with van der Waals surface area (Å²) in [6.07, 6.45) is 3.62. The van der Waals surface area contributed by atoms with Gasteiger partial charge < -0.3 is 5.32 Å². The smallest absolute Gasteiger partial charge is 0.261 e. The van der Waals surface area contributed by atoms with E-state index in [2.05, 4.69) is 20.8 Å². The highest BCUT2D eigenvalue weighted by atomic mass is 32.1. The highest BCUT2D eigenvalue weighted by molar-refractivity contribution is 7.08. The maximum absolute atomic E-state index is 12.4. The molecule has 142 valence electrons. The summed E-state index contributed by atoms with van der Waals surface area (Å²) in [6.45, 7) is 1.37. The number of para-hydroxylation sites is 1. The van der Waals surface area contributed by atoms with Crippen molar-refractivity contribution in [2.75, 3.05) is 6.54 Å². The van der Waals surface area contributed by atoms with Crippen LogP contribution < -0.4 is 10.9 Å². The molecule has 0 aliphatic rings. The second-order valence-corrected chi connectivity index (χ2v) is 7.12. The normalized spacial score (nSPS) is 11.0. The Morgan fingerprint density at radius 3 is 2.89 bits per heavy atom. The Morgan fingerprint density at radius 2 is 2.04 bits per heavy atom. The maximum atomic E-state index is 12.4. The molecule has 3 heterocycles. The van der Waals surface area contributed by atoms with Crippen LogP contribution in [-0.4, -0.2) is 31.8 Å². The molecule has 0 spiro atoms. The van der Waals surface area contributed by atoms with Crippen molar-refractivity contribution in [2.45, 2.75) is 19.5 Å². The lowest BCUT2D eigenvalue weighted by atomic mass is 10.2. The van der Waals surface area contributed by atoms with E-state index in [4.69, 9.17) is 0 Å². The average Bonchev–Trinajstić information content (AvgIpc) is 3.39. The molecule has 0 saturated carbocycles. The van der Waals surface area contributed by atoms with Gasteiger partial charge in [0.25, 0.3) is 5.56 Å². The lowest BCUT2D eigenvalue weighted by Gasteiger charge is -2.08. The van der Waals surface area contributed by atoms with Crippen molar-refractivity contribution >= 4 is 28.1 Å². The molecule has 0 fully saturated rings. The van der Waals surface area contributed by atoms with E-state index in [1.54, 1.807) is 23.5 Å². The molecule has 0 saturated heterocycles. The van der Waals surface area contributed by atoms with Crippen LogP contribution in [0.4, 0.5) is 0 Å². The van der Waals surface area contributed by atoms with Gasteiger partial charge in [0, 0.05) is 36.7 Å². The molecule has 0 aliphatic carbocycles. The van der Waals surface area contributed by atoms with Gasteiger partial charge in [0.1, 0.15) is 0 Å². The van der Waals surface area contributed by atoms with E-state index in [9.17, 15) is 9.59 Å². The Balaban J connectivity index is 1.27. The second kappa shape index (κ2) is 8.18. The van der Waals surface area contributed by atoms with Crippen LogP contribution in [0.2, 0.25) is 0 Å². The number of hydrogen-bond acceptors (Lipinski definition) is 5. The van der Waals surface area contributed by atoms with Gasteiger partial charge in [-0.25, -0.2) is 4.98 Å². The number of benzene rings is 1. The highest BCUT2D eigenvalue weighted by Gasteiger charge is 2.07. The average molecular weight is 393 g/mol. The number of hydrogen-bond donors (Lipinski definition) is 1. The summed E-state index contributed by atoms with van der Waals surface area (Å²) in [5.41, 5.74) is 2.56. The fourth-order valence-electron chi connectivity index (χ4n) is 2.94. The van der Waals surface area contributed by atoms with Gasteiger partial charge in [-0.2, -0.15) is 16.4 Å². The van der Waals surface area contributed by atoms with Gasteiger partial charge in [0.2, 0.25) is 5.91 Å². The molecule has 1 aromatic carbocycles. The van der Waals surface area contributed by atoms with Gasteiger partial charge in [0.15, 0.2) is 0 Å². The number of nitrogens with one attached hydrogen (secondary N) is 1. The maximum Gasteiger partial charge on any atom is 0.261 e. The number of fused-ring (bicyclic) bond motifs is 1. The molecule has 3 aromatic heterocycles. The summed E-state index contributed by atoms with van der Waals surface area (Å²) in [5, 5.41) is 12.0. The van der Waals surface area contributed by atoms with E-state index in [0.717, 1.165) is 11.3 Å². The molecule has 0 aliphatic heterocycles. The Morgan fingerprint density at radius 1 is 1.14 bits per heavy atom. The van der Waals surface area contributed by atoms with Crippen molar-refractivity contribution in [2.24, 2.45) is 0 Å². The third-order valence-corrected chi connectivity index (χ3v) is 5.12. The molecule has 0 bridgehead atoms. The number of rotatable bonds is 7. The quantitative estimate of drug-likeness (QED) is 0.523. The summed E-state index contributed by atoms with van der Waals surface area (Å²) >= 11 is 1.64. The Labute approximate surface area is 165 Å². The van der Waals surface area contributed by atoms with Crippen molar-refractivity contribution in [3.63, 3.8) is 0 Å². The van der Waals surface area contributed by atoms with Crippen LogP contribution in [-0.2, 0) is 17.9 Å². The number of aromatic nitrogens is 4. The van der Waals surface area contributed by atoms with Gasteiger partial charge in [0.05, 0.1) is 29.5 Å². The van der Waals surface area contributed by atoms with Crippen molar-refractivity contribution in [3.8, 4) is 11.3 Å². The third-order valence-electron chi connectivity index (χ3n) is 4.43. The number of thiophene rings is 1. The van der Waals surface area contributed by atoms with Crippen molar-refractivity contribution in [3.05, 3.63) is 70.0 Å². The van der Waals surface area contributed by atoms with Crippen molar-refractivity contribution in [1.29, 1.82) is 0 Å². The SMILES string of the molecule is O=C(CCn1cnc2ccccc2c1=O)NCCn1ccc(-c2ccsc2)n1. The van der Waals surface area contributed by atoms with Gasteiger partial charge in [-0.15, -0.1) is 0 Å². The Bertz CT molecular complexity index is 1150. The molecule has 0 radical (unpaired) electrons. The molecule has 1 amide bonds. The predicted molar refractivity (Wildman–Crippen MR) is 109 cm³/mol. The largest absolute Gasteiger partial charge is 0.354 e. The van der Waals surface area contributed by atoms with E-state index in [1.807, 2.05) is 40.5 Å². The fraction of sp³-hybridized carbons (Fsp3) is 0.200. The lowest BCUT2D eigenvalue weighted by Crippen LogP contribution is -2.30. The number of nitrogens with zero attached hydrogens (tertiary/aromatic N) is 4. The van der Waals surface area contributed by atoms with E-state index < -0.39 is 0 Å². The van der Waals surface area contributed by atoms with Crippen molar-refractivity contribution < 1.29 is 4.79 Å². The van der Waals surface area contributed by atoms with E-state index in [-0.39, 0.29) is 17.9 Å².